The molecule has 30 heavy (non-hydrogen) atoms. The average molecular weight is 382 g/mol. The van der Waals surface area contributed by atoms with Crippen LogP contribution in [-0.4, -0.2) is 11.3 Å². The molecule has 0 saturated heterocycles. The van der Waals surface area contributed by atoms with E-state index in [-0.39, 0.29) is 6.71 Å². The second-order valence-electron chi connectivity index (χ2n) is 7.99. The molecule has 5 aromatic rings. The summed E-state index contributed by atoms with van der Waals surface area (Å²) in [6.45, 7) is 7.79. The van der Waals surface area contributed by atoms with Gasteiger partial charge >= 0.3 is 0 Å². The van der Waals surface area contributed by atoms with Crippen LogP contribution in [0, 0.1) is 6.57 Å². The molecule has 0 N–H and O–H groups in total. The summed E-state index contributed by atoms with van der Waals surface area (Å²) in [7, 11) is 0. The Hall–Kier alpha value is -4.17. The number of hydrogen-bond acceptors (Lipinski definition) is 2. The Morgan fingerprint density at radius 2 is 1.43 bits per heavy atom. The number of rotatable bonds is 0. The number of hydrogen-bond donors (Lipinski definition) is 0. The predicted molar refractivity (Wildman–Crippen MR) is 118 cm³/mol. The van der Waals surface area contributed by atoms with Gasteiger partial charge in [-0.2, -0.15) is 0 Å². The Morgan fingerprint density at radius 3 is 2.23 bits per heavy atom. The van der Waals surface area contributed by atoms with Gasteiger partial charge in [-0.1, -0.05) is 24.3 Å². The van der Waals surface area contributed by atoms with E-state index in [2.05, 4.69) is 33.7 Å². The van der Waals surface area contributed by atoms with Gasteiger partial charge in [0.05, 0.1) is 12.1 Å². The average Bonchev–Trinajstić information content (AvgIpc) is 3.13. The van der Waals surface area contributed by atoms with E-state index in [1.54, 1.807) is 0 Å². The van der Waals surface area contributed by atoms with Gasteiger partial charge in [-0.05, 0) is 58.8 Å². The third kappa shape index (κ3) is 1.44. The van der Waals surface area contributed by atoms with Gasteiger partial charge in [0.15, 0.2) is 5.69 Å². The molecule has 0 amide bonds. The smallest absolute Gasteiger partial charge is 0.266 e. The maximum atomic E-state index is 7.72. The molecule has 0 atom stereocenters. The first-order valence-corrected chi connectivity index (χ1v) is 9.94. The van der Waals surface area contributed by atoms with Crippen LogP contribution in [0.5, 0.6) is 23.0 Å². The molecule has 136 valence electrons. The minimum atomic E-state index is 0.0665. The van der Waals surface area contributed by atoms with Gasteiger partial charge < -0.3 is 14.0 Å². The highest BCUT2D eigenvalue weighted by molar-refractivity contribution is 7.00. The molecule has 0 bridgehead atoms. The fourth-order valence-corrected chi connectivity index (χ4v) is 5.62. The van der Waals surface area contributed by atoms with Crippen LogP contribution in [-0.2, 0) is 0 Å². The fraction of sp³-hybridized carbons (Fsp3) is 0. The third-order valence-corrected chi connectivity index (χ3v) is 6.67. The van der Waals surface area contributed by atoms with Gasteiger partial charge in [-0.15, -0.1) is 0 Å². The fourth-order valence-electron chi connectivity index (χ4n) is 5.62. The second-order valence-corrected chi connectivity index (χ2v) is 7.99. The number of aromatic nitrogens is 1. The molecule has 0 spiro atoms. The van der Waals surface area contributed by atoms with Gasteiger partial charge in [0, 0.05) is 22.1 Å². The highest BCUT2D eigenvalue weighted by Crippen LogP contribution is 2.44. The molecule has 4 aromatic carbocycles. The van der Waals surface area contributed by atoms with Crippen molar-refractivity contribution in [3.8, 4) is 28.7 Å². The van der Waals surface area contributed by atoms with Crippen LogP contribution in [0.2, 0.25) is 0 Å². The Kier molecular flexibility index (Phi) is 2.31. The topological polar surface area (TPSA) is 27.8 Å². The normalized spacial score (nSPS) is 13.8. The van der Waals surface area contributed by atoms with Crippen LogP contribution in [0.3, 0.4) is 0 Å². The summed E-state index contributed by atoms with van der Waals surface area (Å²) >= 11 is 0. The summed E-state index contributed by atoms with van der Waals surface area (Å²) in [5, 5.41) is 2.10. The minimum absolute atomic E-state index is 0.0665. The molecule has 4 heterocycles. The molecule has 1 aromatic heterocycles. The van der Waals surface area contributed by atoms with Crippen LogP contribution in [0.25, 0.3) is 32.3 Å². The largest absolute Gasteiger partial charge is 0.458 e. The summed E-state index contributed by atoms with van der Waals surface area (Å²) in [5.74, 6) is 3.49. The molecular formula is C25H11BN2O2. The SMILES string of the molecule is [C-]#[N+]c1cccc2c1c1ccc3c4c1n2-c1cccc2c1B4c1c(cccc1O3)O2. The highest BCUT2D eigenvalue weighted by Gasteiger charge is 2.46. The first-order valence-electron chi connectivity index (χ1n) is 9.94. The lowest BCUT2D eigenvalue weighted by atomic mass is 9.33. The van der Waals surface area contributed by atoms with E-state index < -0.39 is 0 Å². The van der Waals surface area contributed by atoms with Crippen molar-refractivity contribution in [2.75, 3.05) is 0 Å². The second kappa shape index (κ2) is 4.69. The van der Waals surface area contributed by atoms with Crippen molar-refractivity contribution >= 4 is 50.6 Å². The van der Waals surface area contributed by atoms with E-state index in [0.717, 1.165) is 56.0 Å². The first-order chi connectivity index (χ1) is 14.8. The standard InChI is InChI=1S/C25H11BN2O2/c1-27-14-5-2-6-15-21(14)13-11-12-20-24-25(13)28(15)16-7-3-8-17-22(16)26(24)23-18(29-17)9-4-10-19(23)30-20/h2-12H. The van der Waals surface area contributed by atoms with Crippen molar-refractivity contribution in [2.45, 2.75) is 0 Å². The molecule has 8 rings (SSSR count). The molecule has 3 aliphatic heterocycles. The number of nitrogens with zero attached hydrogens (tertiary/aromatic N) is 2. The molecule has 3 aliphatic rings. The molecular weight excluding hydrogens is 371 g/mol. The van der Waals surface area contributed by atoms with Crippen molar-refractivity contribution in [2.24, 2.45) is 0 Å². The van der Waals surface area contributed by atoms with E-state index in [0.29, 0.717) is 5.69 Å². The Morgan fingerprint density at radius 1 is 0.733 bits per heavy atom. The predicted octanol–water partition coefficient (Wildman–Crippen LogP) is 4.38. The molecule has 4 nitrogen and oxygen atoms in total. The van der Waals surface area contributed by atoms with Gasteiger partial charge in [-0.25, -0.2) is 4.85 Å². The lowest BCUT2D eigenvalue weighted by Gasteiger charge is -2.37. The Balaban J connectivity index is 1.69. The lowest BCUT2D eigenvalue weighted by Crippen LogP contribution is -2.60. The van der Waals surface area contributed by atoms with Crippen LogP contribution in [0.4, 0.5) is 5.69 Å². The summed E-state index contributed by atoms with van der Waals surface area (Å²) in [5.41, 5.74) is 7.41. The molecule has 0 fully saturated rings. The summed E-state index contributed by atoms with van der Waals surface area (Å²) in [6.07, 6.45) is 0. The van der Waals surface area contributed by atoms with E-state index >= 15 is 0 Å². The zero-order valence-electron chi connectivity index (χ0n) is 15.6. The van der Waals surface area contributed by atoms with E-state index in [9.17, 15) is 0 Å². The summed E-state index contributed by atoms with van der Waals surface area (Å²) in [4.78, 5) is 3.82. The molecule has 0 radical (unpaired) electrons. The molecule has 0 saturated carbocycles. The molecule has 0 unspecified atom stereocenters. The van der Waals surface area contributed by atoms with Gasteiger partial charge in [0.25, 0.3) is 6.71 Å². The van der Waals surface area contributed by atoms with Crippen molar-refractivity contribution < 1.29 is 9.47 Å². The van der Waals surface area contributed by atoms with Crippen molar-refractivity contribution in [3.63, 3.8) is 0 Å². The van der Waals surface area contributed by atoms with Crippen LogP contribution in [0.15, 0.2) is 66.7 Å². The Bertz CT molecular complexity index is 1660. The Labute approximate surface area is 171 Å². The maximum absolute atomic E-state index is 7.72. The van der Waals surface area contributed by atoms with Crippen LogP contribution in [0.1, 0.15) is 0 Å². The van der Waals surface area contributed by atoms with Crippen molar-refractivity contribution in [3.05, 3.63) is 78.1 Å². The third-order valence-electron chi connectivity index (χ3n) is 6.67. The minimum Gasteiger partial charge on any atom is -0.458 e. The zero-order chi connectivity index (χ0) is 19.6. The van der Waals surface area contributed by atoms with Crippen LogP contribution < -0.4 is 25.9 Å². The maximum Gasteiger partial charge on any atom is 0.266 e. The first kappa shape index (κ1) is 14.8. The van der Waals surface area contributed by atoms with Crippen molar-refractivity contribution in [1.82, 2.24) is 4.57 Å². The van der Waals surface area contributed by atoms with Crippen molar-refractivity contribution in [1.29, 1.82) is 0 Å². The monoisotopic (exact) mass is 382 g/mol. The molecule has 5 heteroatoms. The summed E-state index contributed by atoms with van der Waals surface area (Å²) < 4.78 is 15.0. The number of ether oxygens (including phenoxy) is 2. The number of benzene rings is 4. The number of fused-ring (bicyclic) bond motifs is 4. The highest BCUT2D eigenvalue weighted by atomic mass is 16.5. The zero-order valence-corrected chi connectivity index (χ0v) is 15.6. The van der Waals surface area contributed by atoms with E-state index in [4.69, 9.17) is 16.0 Å². The van der Waals surface area contributed by atoms with Gasteiger partial charge in [0.1, 0.15) is 23.0 Å². The van der Waals surface area contributed by atoms with Gasteiger partial charge in [0.2, 0.25) is 0 Å². The summed E-state index contributed by atoms with van der Waals surface area (Å²) in [6, 6.07) is 22.4. The van der Waals surface area contributed by atoms with E-state index in [1.807, 2.05) is 42.5 Å². The van der Waals surface area contributed by atoms with Gasteiger partial charge in [-0.3, -0.25) is 0 Å². The van der Waals surface area contributed by atoms with E-state index in [1.165, 1.54) is 10.9 Å². The molecule has 0 aliphatic carbocycles. The lowest BCUT2D eigenvalue weighted by molar-refractivity contribution is 0.464. The van der Waals surface area contributed by atoms with Crippen LogP contribution >= 0.6 is 0 Å². The quantitative estimate of drug-likeness (QED) is 0.288.